The number of anilines is 1. The van der Waals surface area contributed by atoms with Gasteiger partial charge in [0.15, 0.2) is 5.17 Å². The number of likely N-dealkylation sites (N-methyl/N-ethyl adjacent to an activating group) is 1. The van der Waals surface area contributed by atoms with Crippen LogP contribution in [-0.2, 0) is 4.79 Å². The molecule has 0 saturated heterocycles. The van der Waals surface area contributed by atoms with Gasteiger partial charge in [-0.05, 0) is 31.4 Å². The first-order chi connectivity index (χ1) is 11.6. The van der Waals surface area contributed by atoms with Gasteiger partial charge in [0.1, 0.15) is 0 Å². The lowest BCUT2D eigenvalue weighted by Crippen LogP contribution is -2.34. The highest BCUT2D eigenvalue weighted by atomic mass is 32.2. The molecule has 124 valence electrons. The Hall–Kier alpha value is -2.27. The molecule has 24 heavy (non-hydrogen) atoms. The monoisotopic (exact) mass is 339 g/mol. The van der Waals surface area contributed by atoms with E-state index in [0.717, 1.165) is 27.5 Å². The van der Waals surface area contributed by atoms with E-state index in [1.807, 2.05) is 43.0 Å². The fraction of sp³-hybridized carbons (Fsp3) is 0.263. The molecular formula is C19H21N3OS. The van der Waals surface area contributed by atoms with Gasteiger partial charge in [-0.25, -0.2) is 4.99 Å². The molecule has 1 aliphatic heterocycles. The van der Waals surface area contributed by atoms with Crippen LogP contribution in [0.1, 0.15) is 13.8 Å². The Kier molecular flexibility index (Phi) is 4.90. The highest BCUT2D eigenvalue weighted by Crippen LogP contribution is 2.36. The molecule has 0 spiro atoms. The van der Waals surface area contributed by atoms with E-state index in [-0.39, 0.29) is 5.91 Å². The molecule has 5 heteroatoms. The van der Waals surface area contributed by atoms with Crippen molar-refractivity contribution in [3.63, 3.8) is 0 Å². The first-order valence-corrected chi connectivity index (χ1v) is 8.99. The molecule has 1 N–H and O–H groups in total. The number of amides is 1. The molecule has 2 aromatic rings. The average Bonchev–Trinajstić information content (AvgIpc) is 2.58. The van der Waals surface area contributed by atoms with Crippen LogP contribution in [0.2, 0.25) is 0 Å². The molecule has 0 aromatic heterocycles. The molecule has 1 amide bonds. The number of hydrogen-bond donors (Lipinski definition) is 1. The molecule has 0 bridgehead atoms. The van der Waals surface area contributed by atoms with Crippen molar-refractivity contribution in [3.05, 3.63) is 48.6 Å². The highest BCUT2D eigenvalue weighted by molar-refractivity contribution is 8.14. The summed E-state index contributed by atoms with van der Waals surface area (Å²) in [5.41, 5.74) is 2.98. The minimum atomic E-state index is 0.104. The average molecular weight is 339 g/mol. The number of carbonyl (C=O) groups is 1. The van der Waals surface area contributed by atoms with Crippen LogP contribution in [0.3, 0.4) is 0 Å². The molecule has 4 nitrogen and oxygen atoms in total. The van der Waals surface area contributed by atoms with Crippen molar-refractivity contribution in [1.82, 2.24) is 4.90 Å². The van der Waals surface area contributed by atoms with Crippen LogP contribution in [0.25, 0.3) is 10.8 Å². The van der Waals surface area contributed by atoms with E-state index in [4.69, 9.17) is 0 Å². The molecule has 0 unspecified atom stereocenters. The van der Waals surface area contributed by atoms with Gasteiger partial charge in [0.05, 0.1) is 17.1 Å². The summed E-state index contributed by atoms with van der Waals surface area (Å²) in [4.78, 5) is 18.8. The summed E-state index contributed by atoms with van der Waals surface area (Å²) in [5.74, 6) is 0.470. The van der Waals surface area contributed by atoms with Crippen LogP contribution in [0.5, 0.6) is 0 Å². The number of aliphatic imine (C=N–C) groups is 1. The minimum absolute atomic E-state index is 0.104. The predicted octanol–water partition coefficient (Wildman–Crippen LogP) is 4.41. The molecule has 0 aliphatic carbocycles. The summed E-state index contributed by atoms with van der Waals surface area (Å²) in [7, 11) is 0. The zero-order valence-corrected chi connectivity index (χ0v) is 14.8. The van der Waals surface area contributed by atoms with Gasteiger partial charge in [-0.3, -0.25) is 4.79 Å². The fourth-order valence-corrected chi connectivity index (χ4v) is 3.55. The molecule has 3 rings (SSSR count). The third-order valence-corrected chi connectivity index (χ3v) is 4.73. The Balaban J connectivity index is 1.73. The summed E-state index contributed by atoms with van der Waals surface area (Å²) in [6.45, 7) is 9.11. The zero-order valence-electron chi connectivity index (χ0n) is 14.0. The van der Waals surface area contributed by atoms with Gasteiger partial charge in [-0.2, -0.15) is 0 Å². The second-order valence-corrected chi connectivity index (χ2v) is 6.84. The zero-order chi connectivity index (χ0) is 17.1. The second kappa shape index (κ2) is 7.09. The van der Waals surface area contributed by atoms with Crippen LogP contribution in [0.4, 0.5) is 11.4 Å². The van der Waals surface area contributed by atoms with Crippen molar-refractivity contribution in [2.75, 3.05) is 24.2 Å². The Morgan fingerprint density at radius 1 is 1.29 bits per heavy atom. The molecule has 0 radical (unpaired) electrons. The van der Waals surface area contributed by atoms with E-state index in [9.17, 15) is 4.79 Å². The minimum Gasteiger partial charge on any atom is -0.338 e. The Morgan fingerprint density at radius 2 is 2.04 bits per heavy atom. The van der Waals surface area contributed by atoms with Crippen LogP contribution in [-0.4, -0.2) is 34.8 Å². The van der Waals surface area contributed by atoms with E-state index < -0.39 is 0 Å². The van der Waals surface area contributed by atoms with Crippen molar-refractivity contribution in [1.29, 1.82) is 0 Å². The van der Waals surface area contributed by atoms with Gasteiger partial charge in [-0.1, -0.05) is 48.2 Å². The van der Waals surface area contributed by atoms with E-state index >= 15 is 0 Å². The normalized spacial score (nSPS) is 12.5. The third-order valence-electron chi connectivity index (χ3n) is 3.87. The summed E-state index contributed by atoms with van der Waals surface area (Å²) in [6, 6.07) is 12.3. The van der Waals surface area contributed by atoms with Gasteiger partial charge in [-0.15, -0.1) is 0 Å². The molecular weight excluding hydrogens is 318 g/mol. The summed E-state index contributed by atoms with van der Waals surface area (Å²) >= 11 is 1.44. The highest BCUT2D eigenvalue weighted by Gasteiger charge is 2.17. The molecule has 2 aromatic carbocycles. The largest absolute Gasteiger partial charge is 0.338 e. The Labute approximate surface area is 146 Å². The number of benzene rings is 2. The summed E-state index contributed by atoms with van der Waals surface area (Å²) in [6.07, 6.45) is 0. The van der Waals surface area contributed by atoms with Crippen molar-refractivity contribution in [2.24, 2.45) is 4.99 Å². The molecule has 0 saturated carbocycles. The summed E-state index contributed by atoms with van der Waals surface area (Å²) in [5, 5.41) is 6.40. The SMILES string of the molecule is C=C(C)CN(CC)C(=O)CSC1=Nc2cccc3cccc(c23)N1. The van der Waals surface area contributed by atoms with Gasteiger partial charge < -0.3 is 10.2 Å². The quantitative estimate of drug-likeness (QED) is 0.821. The van der Waals surface area contributed by atoms with Crippen LogP contribution >= 0.6 is 11.8 Å². The topological polar surface area (TPSA) is 44.7 Å². The Bertz CT molecular complexity index is 823. The fourth-order valence-electron chi connectivity index (χ4n) is 2.76. The number of nitrogens with one attached hydrogen (secondary N) is 1. The number of carbonyl (C=O) groups excluding carboxylic acids is 1. The lowest BCUT2D eigenvalue weighted by molar-refractivity contribution is -0.127. The van der Waals surface area contributed by atoms with Crippen molar-refractivity contribution in [2.45, 2.75) is 13.8 Å². The van der Waals surface area contributed by atoms with Crippen molar-refractivity contribution in [3.8, 4) is 0 Å². The molecule has 0 fully saturated rings. The van der Waals surface area contributed by atoms with Crippen LogP contribution in [0, 0.1) is 0 Å². The maximum atomic E-state index is 12.4. The van der Waals surface area contributed by atoms with E-state index in [1.165, 1.54) is 17.1 Å². The maximum Gasteiger partial charge on any atom is 0.233 e. The van der Waals surface area contributed by atoms with Gasteiger partial charge in [0, 0.05) is 18.5 Å². The first-order valence-electron chi connectivity index (χ1n) is 8.01. The smallest absolute Gasteiger partial charge is 0.233 e. The van der Waals surface area contributed by atoms with Gasteiger partial charge >= 0.3 is 0 Å². The van der Waals surface area contributed by atoms with Gasteiger partial charge in [0.2, 0.25) is 5.91 Å². The summed E-state index contributed by atoms with van der Waals surface area (Å²) < 4.78 is 0. The number of amidine groups is 1. The standard InChI is InChI=1S/C19H21N3OS/c1-4-22(11-13(2)3)17(23)12-24-19-20-15-9-5-7-14-8-6-10-16(21-19)18(14)15/h5-10H,2,4,11-12H2,1,3H3,(H,20,21). The third kappa shape index (κ3) is 3.46. The lowest BCUT2D eigenvalue weighted by Gasteiger charge is -2.22. The van der Waals surface area contributed by atoms with Crippen molar-refractivity contribution < 1.29 is 4.79 Å². The van der Waals surface area contributed by atoms with Crippen molar-refractivity contribution >= 4 is 45.0 Å². The second-order valence-electron chi connectivity index (χ2n) is 5.88. The Morgan fingerprint density at radius 3 is 2.75 bits per heavy atom. The van der Waals surface area contributed by atoms with Gasteiger partial charge in [0.25, 0.3) is 0 Å². The molecule has 1 heterocycles. The first kappa shape index (κ1) is 16.6. The number of thioether (sulfide) groups is 1. The lowest BCUT2D eigenvalue weighted by atomic mass is 10.1. The molecule has 0 atom stereocenters. The molecule has 1 aliphatic rings. The number of rotatable bonds is 5. The van der Waals surface area contributed by atoms with E-state index in [1.54, 1.807) is 0 Å². The van der Waals surface area contributed by atoms with E-state index in [0.29, 0.717) is 18.8 Å². The van der Waals surface area contributed by atoms with Crippen LogP contribution in [0.15, 0.2) is 53.5 Å². The number of hydrogen-bond acceptors (Lipinski definition) is 4. The number of nitrogens with zero attached hydrogens (tertiary/aromatic N) is 2. The van der Waals surface area contributed by atoms with E-state index in [2.05, 4.69) is 29.0 Å². The van der Waals surface area contributed by atoms with Crippen LogP contribution < -0.4 is 5.32 Å². The maximum absolute atomic E-state index is 12.4. The predicted molar refractivity (Wildman–Crippen MR) is 104 cm³/mol.